The molecule has 1 heterocycles. The van der Waals surface area contributed by atoms with Gasteiger partial charge in [0.25, 0.3) is 5.56 Å². The number of aromatic amines is 1. The van der Waals surface area contributed by atoms with Gasteiger partial charge in [0, 0.05) is 17.2 Å². The Hall–Kier alpha value is -2.77. The van der Waals surface area contributed by atoms with E-state index in [1.54, 1.807) is 6.07 Å². The van der Waals surface area contributed by atoms with Crippen LogP contribution in [0.3, 0.4) is 0 Å². The summed E-state index contributed by atoms with van der Waals surface area (Å²) in [6.45, 7) is 3.77. The molecule has 0 aliphatic heterocycles. The summed E-state index contributed by atoms with van der Waals surface area (Å²) in [4.78, 5) is 12.5. The van der Waals surface area contributed by atoms with Crippen LogP contribution in [-0.4, -0.2) is 18.6 Å². The highest BCUT2D eigenvalue weighted by atomic mass is 32.2. The predicted octanol–water partition coefficient (Wildman–Crippen LogP) is 3.92. The quantitative estimate of drug-likeness (QED) is 0.611. The van der Waals surface area contributed by atoms with Gasteiger partial charge in [-0.25, -0.2) is 18.2 Å². The van der Waals surface area contributed by atoms with Crippen molar-refractivity contribution in [1.29, 1.82) is 0 Å². The van der Waals surface area contributed by atoms with Gasteiger partial charge >= 0.3 is 0 Å². The van der Waals surface area contributed by atoms with E-state index >= 15 is 0 Å². The number of aryl methyl sites for hydroxylation is 1. The zero-order valence-electron chi connectivity index (χ0n) is 17.8. The van der Waals surface area contributed by atoms with Crippen LogP contribution in [0.15, 0.2) is 58.2 Å². The number of hydrogen-bond donors (Lipinski definition) is 2. The van der Waals surface area contributed by atoms with Crippen molar-refractivity contribution >= 4 is 10.0 Å². The van der Waals surface area contributed by atoms with E-state index in [9.17, 15) is 13.2 Å². The lowest BCUT2D eigenvalue weighted by atomic mass is 9.89. The summed E-state index contributed by atoms with van der Waals surface area (Å²) in [5, 5.41) is 6.89. The molecule has 2 N–H and O–H groups in total. The monoisotopic (exact) mass is 437 g/mol. The first-order valence-corrected chi connectivity index (χ1v) is 12.2. The number of fused-ring (bicyclic) bond motifs is 1. The second-order valence-corrected chi connectivity index (χ2v) is 9.68. The third-order valence-corrected chi connectivity index (χ3v) is 7.56. The molecular weight excluding hydrogens is 410 g/mol. The minimum absolute atomic E-state index is 0.144. The smallest absolute Gasteiger partial charge is 0.267 e. The van der Waals surface area contributed by atoms with Crippen molar-refractivity contribution in [2.24, 2.45) is 0 Å². The molecule has 0 saturated carbocycles. The first-order valence-electron chi connectivity index (χ1n) is 10.7. The number of rotatable bonds is 6. The van der Waals surface area contributed by atoms with Gasteiger partial charge in [-0.05, 0) is 61.8 Å². The van der Waals surface area contributed by atoms with Gasteiger partial charge in [0.1, 0.15) is 0 Å². The van der Waals surface area contributed by atoms with E-state index in [4.69, 9.17) is 0 Å². The molecule has 7 heteroatoms. The van der Waals surface area contributed by atoms with E-state index in [-0.39, 0.29) is 16.5 Å². The van der Waals surface area contributed by atoms with E-state index in [1.807, 2.05) is 56.3 Å². The average molecular weight is 438 g/mol. The van der Waals surface area contributed by atoms with Gasteiger partial charge in [-0.15, -0.1) is 0 Å². The van der Waals surface area contributed by atoms with Gasteiger partial charge in [0.2, 0.25) is 10.0 Å². The van der Waals surface area contributed by atoms with E-state index in [0.29, 0.717) is 17.7 Å². The molecule has 31 heavy (non-hydrogen) atoms. The fourth-order valence-corrected chi connectivity index (χ4v) is 5.82. The lowest BCUT2D eigenvalue weighted by Crippen LogP contribution is -2.28. The highest BCUT2D eigenvalue weighted by molar-refractivity contribution is 7.89. The van der Waals surface area contributed by atoms with E-state index < -0.39 is 10.0 Å². The van der Waals surface area contributed by atoms with Gasteiger partial charge < -0.3 is 0 Å². The maximum absolute atomic E-state index is 13.3. The summed E-state index contributed by atoms with van der Waals surface area (Å²) in [7, 11) is -3.76. The Kier molecular flexibility index (Phi) is 6.07. The van der Waals surface area contributed by atoms with Crippen molar-refractivity contribution in [1.82, 2.24) is 14.9 Å². The fourth-order valence-electron chi connectivity index (χ4n) is 4.25. The van der Waals surface area contributed by atoms with Crippen LogP contribution >= 0.6 is 0 Å². The van der Waals surface area contributed by atoms with Gasteiger partial charge in [-0.3, -0.25) is 4.79 Å². The topological polar surface area (TPSA) is 91.9 Å². The van der Waals surface area contributed by atoms with Crippen LogP contribution in [0.25, 0.3) is 11.3 Å². The first kappa shape index (κ1) is 21.5. The zero-order valence-corrected chi connectivity index (χ0v) is 18.6. The fraction of sp³-hybridized carbons (Fsp3) is 0.333. The Morgan fingerprint density at radius 3 is 2.48 bits per heavy atom. The van der Waals surface area contributed by atoms with Gasteiger partial charge in [0.15, 0.2) is 0 Å². The molecule has 0 amide bonds. The molecule has 0 unspecified atom stereocenters. The SMILES string of the molecule is CCc1ccc(-c2n[nH]c(=O)c3c2CCCC3)cc1S(=O)(=O)N[C@@H](C)c1ccccc1. The second kappa shape index (κ2) is 8.77. The summed E-state index contributed by atoms with van der Waals surface area (Å²) in [6.07, 6.45) is 4.08. The molecule has 162 valence electrons. The Labute approximate surface area is 182 Å². The molecule has 0 radical (unpaired) electrons. The van der Waals surface area contributed by atoms with Crippen LogP contribution in [0.1, 0.15) is 55.0 Å². The van der Waals surface area contributed by atoms with Gasteiger partial charge in [0.05, 0.1) is 10.6 Å². The first-order chi connectivity index (χ1) is 14.9. The minimum Gasteiger partial charge on any atom is -0.268 e. The number of aromatic nitrogens is 2. The summed E-state index contributed by atoms with van der Waals surface area (Å²) in [5.41, 5.74) is 4.59. The number of nitrogens with zero attached hydrogens (tertiary/aromatic N) is 1. The van der Waals surface area contributed by atoms with Crippen LogP contribution < -0.4 is 10.3 Å². The second-order valence-electron chi connectivity index (χ2n) is 8.00. The van der Waals surface area contributed by atoms with E-state index in [1.165, 1.54) is 0 Å². The number of sulfonamides is 1. The highest BCUT2D eigenvalue weighted by Crippen LogP contribution is 2.31. The van der Waals surface area contributed by atoms with Crippen molar-refractivity contribution in [3.8, 4) is 11.3 Å². The molecule has 3 aromatic rings. The molecule has 0 saturated heterocycles. The predicted molar refractivity (Wildman–Crippen MR) is 121 cm³/mol. The Morgan fingerprint density at radius 1 is 1.06 bits per heavy atom. The number of nitrogens with one attached hydrogen (secondary N) is 2. The van der Waals surface area contributed by atoms with Crippen molar-refractivity contribution in [3.05, 3.63) is 81.1 Å². The molecule has 2 aromatic carbocycles. The number of benzene rings is 2. The normalized spacial score (nSPS) is 14.8. The summed E-state index contributed by atoms with van der Waals surface area (Å²) < 4.78 is 29.5. The standard InChI is InChI=1S/C24H27N3O3S/c1-3-17-13-14-19(23-20-11-7-8-12-21(20)24(28)26-25-23)15-22(17)31(29,30)27-16(2)18-9-5-4-6-10-18/h4-6,9-10,13-16,27H,3,7-8,11-12H2,1-2H3,(H,26,28)/t16-/m0/s1. The number of H-pyrrole nitrogens is 1. The van der Waals surface area contributed by atoms with Crippen molar-refractivity contribution in [3.63, 3.8) is 0 Å². The van der Waals surface area contributed by atoms with Crippen LogP contribution in [0.2, 0.25) is 0 Å². The average Bonchev–Trinajstić information content (AvgIpc) is 2.79. The lowest BCUT2D eigenvalue weighted by Gasteiger charge is -2.19. The third kappa shape index (κ3) is 4.34. The van der Waals surface area contributed by atoms with Crippen LogP contribution in [0.5, 0.6) is 0 Å². The van der Waals surface area contributed by atoms with Crippen LogP contribution in [-0.2, 0) is 29.3 Å². The summed E-state index contributed by atoms with van der Waals surface area (Å²) >= 11 is 0. The van der Waals surface area contributed by atoms with Crippen molar-refractivity contribution in [2.45, 2.75) is 56.9 Å². The molecule has 0 fully saturated rings. The largest absolute Gasteiger partial charge is 0.268 e. The molecule has 0 bridgehead atoms. The van der Waals surface area contributed by atoms with Gasteiger partial charge in [-0.1, -0.05) is 49.4 Å². The maximum Gasteiger partial charge on any atom is 0.267 e. The van der Waals surface area contributed by atoms with Gasteiger partial charge in [-0.2, -0.15) is 5.10 Å². The molecular formula is C24H27N3O3S. The highest BCUT2D eigenvalue weighted by Gasteiger charge is 2.24. The number of hydrogen-bond acceptors (Lipinski definition) is 4. The molecule has 1 aliphatic carbocycles. The third-order valence-electron chi connectivity index (χ3n) is 5.94. The summed E-state index contributed by atoms with van der Waals surface area (Å²) in [6, 6.07) is 14.6. The Bertz CT molecular complexity index is 1250. The molecule has 1 aliphatic rings. The molecule has 6 nitrogen and oxygen atoms in total. The minimum atomic E-state index is -3.76. The van der Waals surface area contributed by atoms with E-state index in [0.717, 1.165) is 47.9 Å². The Morgan fingerprint density at radius 2 is 1.77 bits per heavy atom. The van der Waals surface area contributed by atoms with Crippen LogP contribution in [0.4, 0.5) is 0 Å². The summed E-state index contributed by atoms with van der Waals surface area (Å²) in [5.74, 6) is 0. The maximum atomic E-state index is 13.3. The molecule has 1 atom stereocenters. The Balaban J connectivity index is 1.76. The molecule has 4 rings (SSSR count). The zero-order chi connectivity index (χ0) is 22.0. The molecule has 1 aromatic heterocycles. The lowest BCUT2D eigenvalue weighted by molar-refractivity contribution is 0.566. The van der Waals surface area contributed by atoms with Crippen molar-refractivity contribution < 1.29 is 8.42 Å². The van der Waals surface area contributed by atoms with E-state index in [2.05, 4.69) is 14.9 Å². The van der Waals surface area contributed by atoms with Crippen molar-refractivity contribution in [2.75, 3.05) is 0 Å². The van der Waals surface area contributed by atoms with Crippen LogP contribution in [0, 0.1) is 0 Å². The molecule has 0 spiro atoms.